The summed E-state index contributed by atoms with van der Waals surface area (Å²) in [5, 5.41) is 14.6. The Morgan fingerprint density at radius 3 is 2.88 bits per heavy atom. The summed E-state index contributed by atoms with van der Waals surface area (Å²) in [7, 11) is 0. The van der Waals surface area contributed by atoms with Gasteiger partial charge in [0.2, 0.25) is 0 Å². The summed E-state index contributed by atoms with van der Waals surface area (Å²) in [5.41, 5.74) is 0.602. The third-order valence-electron chi connectivity index (χ3n) is 1.80. The zero-order chi connectivity index (χ0) is 11.4. The van der Waals surface area contributed by atoms with Crippen molar-refractivity contribution in [2.45, 2.75) is 0 Å². The molecule has 0 saturated carbocycles. The molecule has 0 radical (unpaired) electrons. The molecule has 0 aromatic carbocycles. The number of nitriles is 1. The minimum absolute atomic E-state index is 0.172. The quantitative estimate of drug-likeness (QED) is 0.810. The van der Waals surface area contributed by atoms with E-state index in [1.54, 1.807) is 6.07 Å². The maximum atomic E-state index is 11.5. The number of nitrogens with one attached hydrogen (secondary N) is 1. The van der Waals surface area contributed by atoms with Crippen LogP contribution in [0.3, 0.4) is 0 Å². The van der Waals surface area contributed by atoms with Gasteiger partial charge in [0.05, 0.1) is 5.56 Å². The van der Waals surface area contributed by atoms with Crippen LogP contribution < -0.4 is 5.32 Å². The fourth-order valence-corrected chi connectivity index (χ4v) is 1.04. The molecule has 2 rings (SSSR count). The Hall–Kier alpha value is -2.68. The number of carbonyl (C=O) groups is 1. The van der Waals surface area contributed by atoms with E-state index in [1.807, 2.05) is 6.07 Å². The Labute approximate surface area is 90.5 Å². The second kappa shape index (κ2) is 4.23. The number of hydrogen-bond donors (Lipinski definition) is 1. The van der Waals surface area contributed by atoms with Gasteiger partial charge >= 0.3 is 0 Å². The molecule has 2 aromatic heterocycles. The molecule has 6 nitrogen and oxygen atoms in total. The summed E-state index contributed by atoms with van der Waals surface area (Å²) >= 11 is 0. The summed E-state index contributed by atoms with van der Waals surface area (Å²) in [5.74, 6) is -0.0574. The Balaban J connectivity index is 2.10. The number of rotatable bonds is 2. The standard InChI is InChI=1S/C10H6N4O2/c11-5-7-1-2-9(12-6-7)13-10(15)8-3-4-16-14-8/h1-4,6H,(H,12,13,15). The van der Waals surface area contributed by atoms with Crippen molar-refractivity contribution in [3.63, 3.8) is 0 Å². The topological polar surface area (TPSA) is 91.8 Å². The molecule has 0 bridgehead atoms. The molecule has 1 N–H and O–H groups in total. The van der Waals surface area contributed by atoms with Crippen molar-refractivity contribution in [2.75, 3.05) is 5.32 Å². The molecular weight excluding hydrogens is 208 g/mol. The van der Waals surface area contributed by atoms with Crippen molar-refractivity contribution >= 4 is 11.7 Å². The number of pyridine rings is 1. The third kappa shape index (κ3) is 2.04. The van der Waals surface area contributed by atoms with Crippen molar-refractivity contribution in [3.05, 3.63) is 41.9 Å². The molecule has 6 heteroatoms. The van der Waals surface area contributed by atoms with Crippen molar-refractivity contribution in [1.82, 2.24) is 10.1 Å². The van der Waals surface area contributed by atoms with Crippen LogP contribution in [0.4, 0.5) is 5.82 Å². The second-order valence-electron chi connectivity index (χ2n) is 2.88. The molecule has 0 aliphatic carbocycles. The summed E-state index contributed by atoms with van der Waals surface area (Å²) < 4.78 is 4.54. The molecule has 1 amide bonds. The first-order valence-electron chi connectivity index (χ1n) is 4.37. The molecule has 78 valence electrons. The Kier molecular flexibility index (Phi) is 2.61. The van der Waals surface area contributed by atoms with Crippen LogP contribution in [0.25, 0.3) is 0 Å². The van der Waals surface area contributed by atoms with Gasteiger partial charge in [-0.3, -0.25) is 4.79 Å². The highest BCUT2D eigenvalue weighted by atomic mass is 16.5. The first-order chi connectivity index (χ1) is 7.79. The SMILES string of the molecule is N#Cc1ccc(NC(=O)c2ccon2)nc1. The van der Waals surface area contributed by atoms with Crippen LogP contribution in [0.5, 0.6) is 0 Å². The Morgan fingerprint density at radius 1 is 1.44 bits per heavy atom. The first-order valence-corrected chi connectivity index (χ1v) is 4.37. The monoisotopic (exact) mass is 214 g/mol. The van der Waals surface area contributed by atoms with E-state index in [4.69, 9.17) is 5.26 Å². The lowest BCUT2D eigenvalue weighted by molar-refractivity contribution is 0.101. The third-order valence-corrected chi connectivity index (χ3v) is 1.80. The molecule has 16 heavy (non-hydrogen) atoms. The summed E-state index contributed by atoms with van der Waals surface area (Å²) in [6, 6.07) is 6.48. The number of nitrogens with zero attached hydrogens (tertiary/aromatic N) is 3. The minimum Gasteiger partial charge on any atom is -0.364 e. The van der Waals surface area contributed by atoms with Gasteiger partial charge in [0.15, 0.2) is 5.69 Å². The molecule has 2 heterocycles. The van der Waals surface area contributed by atoms with Gasteiger partial charge in [-0.1, -0.05) is 5.16 Å². The normalized spacial score (nSPS) is 9.44. The van der Waals surface area contributed by atoms with Crippen LogP contribution in [0.2, 0.25) is 0 Å². The molecule has 0 fully saturated rings. The van der Waals surface area contributed by atoms with Crippen LogP contribution in [-0.4, -0.2) is 16.0 Å². The van der Waals surface area contributed by atoms with Gasteiger partial charge in [-0.15, -0.1) is 0 Å². The van der Waals surface area contributed by atoms with Crippen LogP contribution in [-0.2, 0) is 0 Å². The van der Waals surface area contributed by atoms with E-state index in [2.05, 4.69) is 20.0 Å². The predicted octanol–water partition coefficient (Wildman–Crippen LogP) is 1.19. The van der Waals surface area contributed by atoms with E-state index < -0.39 is 5.91 Å². The summed E-state index contributed by atoms with van der Waals surface area (Å²) in [6.45, 7) is 0. The molecule has 0 aliphatic heterocycles. The Morgan fingerprint density at radius 2 is 2.31 bits per heavy atom. The lowest BCUT2D eigenvalue weighted by atomic mass is 10.3. The van der Waals surface area contributed by atoms with E-state index in [0.717, 1.165) is 0 Å². The number of carbonyl (C=O) groups excluding carboxylic acids is 1. The van der Waals surface area contributed by atoms with Gasteiger partial charge in [-0.05, 0) is 12.1 Å². The maximum Gasteiger partial charge on any atom is 0.278 e. The smallest absolute Gasteiger partial charge is 0.278 e. The van der Waals surface area contributed by atoms with E-state index in [0.29, 0.717) is 11.4 Å². The van der Waals surface area contributed by atoms with Crippen molar-refractivity contribution in [1.29, 1.82) is 5.26 Å². The molecule has 0 aliphatic rings. The van der Waals surface area contributed by atoms with E-state index in [-0.39, 0.29) is 5.69 Å². The fraction of sp³-hybridized carbons (Fsp3) is 0. The zero-order valence-electron chi connectivity index (χ0n) is 8.04. The van der Waals surface area contributed by atoms with Gasteiger partial charge < -0.3 is 9.84 Å². The minimum atomic E-state index is -0.411. The van der Waals surface area contributed by atoms with Gasteiger partial charge in [0, 0.05) is 12.3 Å². The van der Waals surface area contributed by atoms with Crippen LogP contribution in [0.1, 0.15) is 16.1 Å². The average molecular weight is 214 g/mol. The number of hydrogen-bond acceptors (Lipinski definition) is 5. The largest absolute Gasteiger partial charge is 0.364 e. The molecule has 0 atom stereocenters. The zero-order valence-corrected chi connectivity index (χ0v) is 8.04. The van der Waals surface area contributed by atoms with Gasteiger partial charge in [-0.25, -0.2) is 4.98 Å². The molecular formula is C10H6N4O2. The molecule has 0 saturated heterocycles. The average Bonchev–Trinajstić information content (AvgIpc) is 2.83. The lowest BCUT2D eigenvalue weighted by Gasteiger charge is -2.00. The molecule has 2 aromatic rings. The van der Waals surface area contributed by atoms with Gasteiger partial charge in [-0.2, -0.15) is 5.26 Å². The van der Waals surface area contributed by atoms with Crippen LogP contribution in [0, 0.1) is 11.3 Å². The summed E-state index contributed by atoms with van der Waals surface area (Å²) in [4.78, 5) is 15.4. The van der Waals surface area contributed by atoms with E-state index in [1.165, 1.54) is 24.6 Å². The predicted molar refractivity (Wildman–Crippen MR) is 53.4 cm³/mol. The van der Waals surface area contributed by atoms with Gasteiger partial charge in [0.1, 0.15) is 18.2 Å². The second-order valence-corrected chi connectivity index (χ2v) is 2.88. The fourth-order valence-electron chi connectivity index (χ4n) is 1.04. The van der Waals surface area contributed by atoms with E-state index >= 15 is 0 Å². The van der Waals surface area contributed by atoms with Crippen molar-refractivity contribution in [3.8, 4) is 6.07 Å². The number of amides is 1. The Bertz CT molecular complexity index is 525. The first kappa shape index (κ1) is 9.86. The highest BCUT2D eigenvalue weighted by Crippen LogP contribution is 2.06. The molecule has 0 unspecified atom stereocenters. The van der Waals surface area contributed by atoms with Crippen molar-refractivity contribution in [2.24, 2.45) is 0 Å². The highest BCUT2D eigenvalue weighted by Gasteiger charge is 2.09. The summed E-state index contributed by atoms with van der Waals surface area (Å²) in [6.07, 6.45) is 2.68. The van der Waals surface area contributed by atoms with Crippen LogP contribution in [0.15, 0.2) is 35.2 Å². The van der Waals surface area contributed by atoms with Crippen LogP contribution >= 0.6 is 0 Å². The highest BCUT2D eigenvalue weighted by molar-refractivity contribution is 6.02. The lowest BCUT2D eigenvalue weighted by Crippen LogP contribution is -2.13. The van der Waals surface area contributed by atoms with Gasteiger partial charge in [0.25, 0.3) is 5.91 Å². The maximum absolute atomic E-state index is 11.5. The van der Waals surface area contributed by atoms with E-state index in [9.17, 15) is 4.79 Å². The molecule has 0 spiro atoms. The van der Waals surface area contributed by atoms with Crippen molar-refractivity contribution < 1.29 is 9.32 Å². The number of aromatic nitrogens is 2. The number of anilines is 1.